The van der Waals surface area contributed by atoms with Crippen LogP contribution in [0.15, 0.2) is 6.20 Å². The maximum absolute atomic E-state index is 13.1. The molecule has 11 heteroatoms. The Kier molecular flexibility index (Phi) is 5.78. The Morgan fingerprint density at radius 1 is 1.32 bits per heavy atom. The fraction of sp³-hybridized carbons (Fsp3) is 0.706. The van der Waals surface area contributed by atoms with Gasteiger partial charge in [-0.25, -0.2) is 0 Å². The molecular weight excluding hydrogens is 384 g/mol. The van der Waals surface area contributed by atoms with Gasteiger partial charge in [0, 0.05) is 44.4 Å². The standard InChI is InChI=1S/C17H28N6O4S/c1-4-23-10-13(11(2)19-23)14-9-15(21(3)28(26,27)20-14)17(25)22-7-5-12(6-8-22)16(18)24/h10,12,14-15,20H,4-9H2,1-3H3,(H2,18,24)/t14-,15+/m1/s1. The normalized spacial score (nSPS) is 26.3. The van der Waals surface area contributed by atoms with Crippen LogP contribution in [0.3, 0.4) is 0 Å². The third kappa shape index (κ3) is 3.91. The Morgan fingerprint density at radius 2 is 1.96 bits per heavy atom. The lowest BCUT2D eigenvalue weighted by Gasteiger charge is -2.40. The molecule has 1 aromatic heterocycles. The summed E-state index contributed by atoms with van der Waals surface area (Å²) >= 11 is 0. The van der Waals surface area contributed by atoms with Crippen molar-refractivity contribution in [1.29, 1.82) is 0 Å². The summed E-state index contributed by atoms with van der Waals surface area (Å²) in [6.45, 7) is 5.28. The van der Waals surface area contributed by atoms with Crippen LogP contribution in [0.2, 0.25) is 0 Å². The first kappa shape index (κ1) is 20.7. The number of aryl methyl sites for hydroxylation is 2. The van der Waals surface area contributed by atoms with Crippen LogP contribution in [0.4, 0.5) is 0 Å². The number of nitrogens with two attached hydrogens (primary N) is 1. The van der Waals surface area contributed by atoms with E-state index in [1.807, 2.05) is 20.0 Å². The first-order valence-electron chi connectivity index (χ1n) is 9.51. The zero-order chi connectivity index (χ0) is 20.6. The van der Waals surface area contributed by atoms with Crippen molar-refractivity contribution >= 4 is 22.0 Å². The highest BCUT2D eigenvalue weighted by atomic mass is 32.2. The van der Waals surface area contributed by atoms with Crippen molar-refractivity contribution in [3.8, 4) is 0 Å². The second-order valence-corrected chi connectivity index (χ2v) is 9.23. The second-order valence-electron chi connectivity index (χ2n) is 7.47. The van der Waals surface area contributed by atoms with Crippen molar-refractivity contribution in [2.75, 3.05) is 20.1 Å². The zero-order valence-corrected chi connectivity index (χ0v) is 17.3. The van der Waals surface area contributed by atoms with E-state index in [9.17, 15) is 18.0 Å². The predicted octanol–water partition coefficient (Wildman–Crippen LogP) is -0.485. The number of rotatable bonds is 4. The molecule has 0 bridgehead atoms. The van der Waals surface area contributed by atoms with Crippen molar-refractivity contribution in [2.24, 2.45) is 11.7 Å². The van der Waals surface area contributed by atoms with Gasteiger partial charge in [-0.05, 0) is 33.1 Å². The zero-order valence-electron chi connectivity index (χ0n) is 16.5. The lowest BCUT2D eigenvalue weighted by Crippen LogP contribution is -2.58. The Bertz CT molecular complexity index is 859. The monoisotopic (exact) mass is 412 g/mol. The molecule has 3 N–H and O–H groups in total. The van der Waals surface area contributed by atoms with E-state index in [0.29, 0.717) is 38.9 Å². The van der Waals surface area contributed by atoms with Gasteiger partial charge in [0.05, 0.1) is 11.7 Å². The first-order chi connectivity index (χ1) is 13.1. The van der Waals surface area contributed by atoms with Crippen molar-refractivity contribution < 1.29 is 18.0 Å². The lowest BCUT2D eigenvalue weighted by molar-refractivity contribution is -0.138. The van der Waals surface area contributed by atoms with Crippen LogP contribution in [0.1, 0.15) is 43.5 Å². The molecule has 1 aromatic rings. The van der Waals surface area contributed by atoms with E-state index < -0.39 is 22.3 Å². The molecule has 2 atom stereocenters. The fourth-order valence-corrected chi connectivity index (χ4v) is 5.19. The molecule has 2 amide bonds. The van der Waals surface area contributed by atoms with Gasteiger partial charge in [0.25, 0.3) is 10.2 Å². The lowest BCUT2D eigenvalue weighted by atomic mass is 9.94. The first-order valence-corrected chi connectivity index (χ1v) is 11.0. The van der Waals surface area contributed by atoms with Crippen LogP contribution in [0.25, 0.3) is 0 Å². The van der Waals surface area contributed by atoms with Crippen LogP contribution in [0, 0.1) is 12.8 Å². The Hall–Kier alpha value is -1.98. The number of amides is 2. The van der Waals surface area contributed by atoms with Gasteiger partial charge in [0.2, 0.25) is 11.8 Å². The van der Waals surface area contributed by atoms with E-state index in [0.717, 1.165) is 15.6 Å². The van der Waals surface area contributed by atoms with Gasteiger partial charge in [-0.1, -0.05) is 0 Å². The van der Waals surface area contributed by atoms with Crippen LogP contribution < -0.4 is 10.5 Å². The Balaban J connectivity index is 1.80. The molecule has 10 nitrogen and oxygen atoms in total. The van der Waals surface area contributed by atoms with Crippen LogP contribution in [0.5, 0.6) is 0 Å². The summed E-state index contributed by atoms with van der Waals surface area (Å²) < 4.78 is 30.8. The summed E-state index contributed by atoms with van der Waals surface area (Å²) in [5, 5.41) is 4.38. The number of carbonyl (C=O) groups is 2. The summed E-state index contributed by atoms with van der Waals surface area (Å²) in [6, 6.07) is -1.32. The molecule has 2 aliphatic rings. The van der Waals surface area contributed by atoms with E-state index in [2.05, 4.69) is 9.82 Å². The summed E-state index contributed by atoms with van der Waals surface area (Å²) in [5.74, 6) is -0.813. The summed E-state index contributed by atoms with van der Waals surface area (Å²) in [6.07, 6.45) is 3.16. The molecule has 0 saturated carbocycles. The molecule has 0 aliphatic carbocycles. The van der Waals surface area contributed by atoms with Crippen molar-refractivity contribution in [1.82, 2.24) is 23.7 Å². The number of hydrogen-bond donors (Lipinski definition) is 2. The highest BCUT2D eigenvalue weighted by Gasteiger charge is 2.43. The number of piperidine rings is 1. The number of carbonyl (C=O) groups excluding carboxylic acids is 2. The molecule has 2 saturated heterocycles. The topological polar surface area (TPSA) is 131 Å². The Labute approximate surface area is 165 Å². The van der Waals surface area contributed by atoms with Gasteiger partial charge in [0.1, 0.15) is 6.04 Å². The molecule has 0 unspecified atom stereocenters. The van der Waals surface area contributed by atoms with Gasteiger partial charge < -0.3 is 10.6 Å². The number of likely N-dealkylation sites (tertiary alicyclic amines) is 1. The van der Waals surface area contributed by atoms with Crippen molar-refractivity contribution in [3.63, 3.8) is 0 Å². The average Bonchev–Trinajstić information content (AvgIpc) is 3.04. The third-order valence-corrected chi connectivity index (χ3v) is 7.34. The molecule has 3 heterocycles. The van der Waals surface area contributed by atoms with Crippen LogP contribution in [-0.2, 0) is 26.3 Å². The van der Waals surface area contributed by atoms with Crippen LogP contribution >= 0.6 is 0 Å². The quantitative estimate of drug-likeness (QED) is 0.689. The summed E-state index contributed by atoms with van der Waals surface area (Å²) in [4.78, 5) is 26.1. The smallest absolute Gasteiger partial charge is 0.280 e. The predicted molar refractivity (Wildman–Crippen MR) is 102 cm³/mol. The van der Waals surface area contributed by atoms with Gasteiger partial charge in [-0.3, -0.25) is 14.3 Å². The largest absolute Gasteiger partial charge is 0.369 e. The van der Waals surface area contributed by atoms with Gasteiger partial charge >= 0.3 is 0 Å². The number of hydrogen-bond acceptors (Lipinski definition) is 5. The van der Waals surface area contributed by atoms with Gasteiger partial charge in [0.15, 0.2) is 0 Å². The molecule has 0 spiro atoms. The van der Waals surface area contributed by atoms with Crippen molar-refractivity contribution in [3.05, 3.63) is 17.5 Å². The molecular formula is C17H28N6O4S. The molecule has 3 rings (SSSR count). The molecule has 2 aliphatic heterocycles. The number of aromatic nitrogens is 2. The summed E-state index contributed by atoms with van der Waals surface area (Å²) in [5.41, 5.74) is 6.88. The number of likely N-dealkylation sites (N-methyl/N-ethyl adjacent to an activating group) is 1. The summed E-state index contributed by atoms with van der Waals surface area (Å²) in [7, 11) is -2.39. The number of nitrogens with one attached hydrogen (secondary N) is 1. The third-order valence-electron chi connectivity index (χ3n) is 5.75. The van der Waals surface area contributed by atoms with Gasteiger partial charge in [-0.15, -0.1) is 0 Å². The maximum atomic E-state index is 13.1. The minimum absolute atomic E-state index is 0.228. The van der Waals surface area contributed by atoms with Crippen molar-refractivity contribution in [2.45, 2.75) is 51.7 Å². The second kappa shape index (κ2) is 7.80. The van der Waals surface area contributed by atoms with Crippen LogP contribution in [-0.4, -0.2) is 65.4 Å². The molecule has 2 fully saturated rings. The van der Waals surface area contributed by atoms with Gasteiger partial charge in [-0.2, -0.15) is 22.5 Å². The van der Waals surface area contributed by atoms with E-state index in [1.165, 1.54) is 7.05 Å². The minimum atomic E-state index is -3.81. The molecule has 0 radical (unpaired) electrons. The minimum Gasteiger partial charge on any atom is -0.369 e. The number of primary amides is 1. The molecule has 0 aromatic carbocycles. The SMILES string of the molecule is CCn1cc([C@H]2C[C@@H](C(=O)N3CCC(C(N)=O)CC3)N(C)S(=O)(=O)N2)c(C)n1. The molecule has 28 heavy (non-hydrogen) atoms. The van der Waals surface area contributed by atoms with E-state index >= 15 is 0 Å². The number of nitrogens with zero attached hydrogens (tertiary/aromatic N) is 4. The van der Waals surface area contributed by atoms with E-state index in [4.69, 9.17) is 5.73 Å². The highest BCUT2D eigenvalue weighted by molar-refractivity contribution is 7.87. The Morgan fingerprint density at radius 3 is 2.50 bits per heavy atom. The fourth-order valence-electron chi connectivity index (χ4n) is 3.93. The average molecular weight is 413 g/mol. The maximum Gasteiger partial charge on any atom is 0.280 e. The highest BCUT2D eigenvalue weighted by Crippen LogP contribution is 2.31. The molecule has 156 valence electrons. The van der Waals surface area contributed by atoms with E-state index in [-0.39, 0.29) is 17.7 Å². The van der Waals surface area contributed by atoms with E-state index in [1.54, 1.807) is 9.58 Å².